The first kappa shape index (κ1) is 15.9. The van der Waals surface area contributed by atoms with E-state index in [9.17, 15) is 8.78 Å². The van der Waals surface area contributed by atoms with Gasteiger partial charge in [0, 0.05) is 12.6 Å². The molecule has 0 saturated heterocycles. The highest BCUT2D eigenvalue weighted by Gasteiger charge is 2.13. The van der Waals surface area contributed by atoms with Gasteiger partial charge in [-0.25, -0.2) is 8.78 Å². The van der Waals surface area contributed by atoms with Crippen LogP contribution < -0.4 is 5.32 Å². The summed E-state index contributed by atoms with van der Waals surface area (Å²) >= 11 is 0. The molecule has 0 amide bonds. The van der Waals surface area contributed by atoms with Crippen molar-refractivity contribution in [3.8, 4) is 0 Å². The second-order valence-corrected chi connectivity index (χ2v) is 5.11. The van der Waals surface area contributed by atoms with Gasteiger partial charge in [0.25, 0.3) is 6.43 Å². The zero-order valence-electron chi connectivity index (χ0n) is 12.4. The SMILES string of the molecule is CNC(CCOCC(F)F)c1ccc(C)c2ccccc12. The van der Waals surface area contributed by atoms with Crippen LogP contribution in [0.2, 0.25) is 0 Å². The lowest BCUT2D eigenvalue weighted by atomic mass is 9.94. The molecule has 2 aromatic rings. The molecule has 0 bridgehead atoms. The maximum atomic E-state index is 12.1. The van der Waals surface area contributed by atoms with Crippen LogP contribution in [0.4, 0.5) is 8.78 Å². The molecule has 0 spiro atoms. The van der Waals surface area contributed by atoms with Crippen molar-refractivity contribution in [1.29, 1.82) is 0 Å². The van der Waals surface area contributed by atoms with Crippen molar-refractivity contribution in [1.82, 2.24) is 5.32 Å². The van der Waals surface area contributed by atoms with Crippen LogP contribution in [0.15, 0.2) is 36.4 Å². The van der Waals surface area contributed by atoms with E-state index in [2.05, 4.69) is 36.5 Å². The Morgan fingerprint density at radius 3 is 2.48 bits per heavy atom. The van der Waals surface area contributed by atoms with E-state index in [0.717, 1.165) is 0 Å². The number of aryl methyl sites for hydroxylation is 1. The number of halogens is 2. The summed E-state index contributed by atoms with van der Waals surface area (Å²) in [7, 11) is 1.88. The molecule has 21 heavy (non-hydrogen) atoms. The van der Waals surface area contributed by atoms with Crippen molar-refractivity contribution < 1.29 is 13.5 Å². The van der Waals surface area contributed by atoms with Gasteiger partial charge in [0.1, 0.15) is 6.61 Å². The Kier molecular flexibility index (Phi) is 5.65. The Morgan fingerprint density at radius 1 is 1.10 bits per heavy atom. The predicted octanol–water partition coefficient (Wildman–Crippen LogP) is 4.08. The fraction of sp³-hybridized carbons (Fsp3) is 0.412. The molecule has 0 aliphatic rings. The van der Waals surface area contributed by atoms with Gasteiger partial charge in [0.05, 0.1) is 0 Å². The molecule has 0 aliphatic carbocycles. The van der Waals surface area contributed by atoms with Gasteiger partial charge in [-0.2, -0.15) is 0 Å². The maximum Gasteiger partial charge on any atom is 0.261 e. The van der Waals surface area contributed by atoms with Crippen molar-refractivity contribution in [2.75, 3.05) is 20.3 Å². The van der Waals surface area contributed by atoms with Crippen LogP contribution in [-0.4, -0.2) is 26.7 Å². The van der Waals surface area contributed by atoms with Crippen molar-refractivity contribution in [2.45, 2.75) is 25.8 Å². The van der Waals surface area contributed by atoms with Crippen LogP contribution in [0, 0.1) is 6.92 Å². The lowest BCUT2D eigenvalue weighted by Gasteiger charge is -2.19. The molecule has 2 rings (SSSR count). The quantitative estimate of drug-likeness (QED) is 0.777. The van der Waals surface area contributed by atoms with Gasteiger partial charge in [-0.3, -0.25) is 0 Å². The number of alkyl halides is 2. The minimum Gasteiger partial charge on any atom is -0.375 e. The van der Waals surface area contributed by atoms with Gasteiger partial charge < -0.3 is 10.1 Å². The standard InChI is InChI=1S/C17H21F2NO/c1-12-7-8-15(14-6-4-3-5-13(12)14)16(20-2)9-10-21-11-17(18)19/h3-8,16-17,20H,9-11H2,1-2H3. The molecule has 0 radical (unpaired) electrons. The smallest absolute Gasteiger partial charge is 0.261 e. The third kappa shape index (κ3) is 3.99. The highest BCUT2D eigenvalue weighted by Crippen LogP contribution is 2.28. The Balaban J connectivity index is 2.16. The van der Waals surface area contributed by atoms with Gasteiger partial charge >= 0.3 is 0 Å². The molecule has 1 unspecified atom stereocenters. The lowest BCUT2D eigenvalue weighted by Crippen LogP contribution is -2.19. The number of hydrogen-bond acceptors (Lipinski definition) is 2. The van der Waals surface area contributed by atoms with E-state index in [1.807, 2.05) is 19.2 Å². The first-order valence-corrected chi connectivity index (χ1v) is 7.15. The molecule has 1 atom stereocenters. The minimum absolute atomic E-state index is 0.0909. The molecule has 0 aliphatic heterocycles. The fourth-order valence-corrected chi connectivity index (χ4v) is 2.61. The Labute approximate surface area is 124 Å². The van der Waals surface area contributed by atoms with E-state index in [0.29, 0.717) is 13.0 Å². The van der Waals surface area contributed by atoms with Crippen LogP contribution in [0.25, 0.3) is 10.8 Å². The zero-order chi connectivity index (χ0) is 15.2. The second kappa shape index (κ2) is 7.48. The summed E-state index contributed by atoms with van der Waals surface area (Å²) in [6.07, 6.45) is -1.74. The van der Waals surface area contributed by atoms with E-state index in [1.165, 1.54) is 21.9 Å². The largest absolute Gasteiger partial charge is 0.375 e. The van der Waals surface area contributed by atoms with Crippen molar-refractivity contribution >= 4 is 10.8 Å². The highest BCUT2D eigenvalue weighted by atomic mass is 19.3. The number of hydrogen-bond donors (Lipinski definition) is 1. The Bertz CT molecular complexity index is 586. The Hall–Kier alpha value is -1.52. The zero-order valence-corrected chi connectivity index (χ0v) is 12.4. The summed E-state index contributed by atoms with van der Waals surface area (Å²) in [6, 6.07) is 12.5. The average molecular weight is 293 g/mol. The summed E-state index contributed by atoms with van der Waals surface area (Å²) in [5.41, 5.74) is 2.41. The average Bonchev–Trinajstić information content (AvgIpc) is 2.49. The molecule has 1 N–H and O–H groups in total. The van der Waals surface area contributed by atoms with Crippen LogP contribution in [0.5, 0.6) is 0 Å². The van der Waals surface area contributed by atoms with E-state index < -0.39 is 13.0 Å². The van der Waals surface area contributed by atoms with Crippen molar-refractivity contribution in [3.05, 3.63) is 47.5 Å². The molecule has 0 saturated carbocycles. The molecule has 0 heterocycles. The number of fused-ring (bicyclic) bond motifs is 1. The molecular weight excluding hydrogens is 272 g/mol. The van der Waals surface area contributed by atoms with Gasteiger partial charge in [0.15, 0.2) is 0 Å². The third-order valence-electron chi connectivity index (χ3n) is 3.69. The second-order valence-electron chi connectivity index (χ2n) is 5.11. The topological polar surface area (TPSA) is 21.3 Å². The number of ether oxygens (including phenoxy) is 1. The predicted molar refractivity (Wildman–Crippen MR) is 81.9 cm³/mol. The molecule has 0 fully saturated rings. The van der Waals surface area contributed by atoms with E-state index in [4.69, 9.17) is 4.74 Å². The first-order chi connectivity index (χ1) is 10.1. The maximum absolute atomic E-state index is 12.1. The van der Waals surface area contributed by atoms with Crippen molar-refractivity contribution in [3.63, 3.8) is 0 Å². The van der Waals surface area contributed by atoms with Gasteiger partial charge in [0.2, 0.25) is 0 Å². The molecule has 4 heteroatoms. The summed E-state index contributed by atoms with van der Waals surface area (Å²) in [5.74, 6) is 0. The number of nitrogens with one attached hydrogen (secondary N) is 1. The summed E-state index contributed by atoms with van der Waals surface area (Å²) in [4.78, 5) is 0. The van der Waals surface area contributed by atoms with E-state index in [1.54, 1.807) is 0 Å². The van der Waals surface area contributed by atoms with Crippen LogP contribution in [0.3, 0.4) is 0 Å². The molecule has 2 aromatic carbocycles. The van der Waals surface area contributed by atoms with Gasteiger partial charge in [-0.05, 0) is 42.3 Å². The van der Waals surface area contributed by atoms with Gasteiger partial charge in [-0.15, -0.1) is 0 Å². The molecule has 2 nitrogen and oxygen atoms in total. The molecule has 114 valence electrons. The highest BCUT2D eigenvalue weighted by molar-refractivity contribution is 5.88. The molecule has 0 aromatic heterocycles. The summed E-state index contributed by atoms with van der Waals surface area (Å²) in [6.45, 7) is 1.91. The minimum atomic E-state index is -2.40. The third-order valence-corrected chi connectivity index (χ3v) is 3.69. The normalized spacial score (nSPS) is 13.0. The fourth-order valence-electron chi connectivity index (χ4n) is 2.61. The lowest BCUT2D eigenvalue weighted by molar-refractivity contribution is 0.0146. The van der Waals surface area contributed by atoms with Gasteiger partial charge in [-0.1, -0.05) is 36.4 Å². The van der Waals surface area contributed by atoms with Crippen LogP contribution in [-0.2, 0) is 4.74 Å². The van der Waals surface area contributed by atoms with Crippen LogP contribution in [0.1, 0.15) is 23.6 Å². The molecular formula is C17H21F2NO. The monoisotopic (exact) mass is 293 g/mol. The number of rotatable bonds is 7. The van der Waals surface area contributed by atoms with E-state index in [-0.39, 0.29) is 6.04 Å². The first-order valence-electron chi connectivity index (χ1n) is 7.15. The summed E-state index contributed by atoms with van der Waals surface area (Å²) < 4.78 is 29.1. The van der Waals surface area contributed by atoms with E-state index >= 15 is 0 Å². The number of benzene rings is 2. The van der Waals surface area contributed by atoms with Crippen molar-refractivity contribution in [2.24, 2.45) is 0 Å². The summed E-state index contributed by atoms with van der Waals surface area (Å²) in [5, 5.41) is 5.68. The van der Waals surface area contributed by atoms with Crippen LogP contribution >= 0.6 is 0 Å². The Morgan fingerprint density at radius 2 is 1.81 bits per heavy atom.